The number of alkyl halides is 3. The van der Waals surface area contributed by atoms with Crippen LogP contribution in [-0.4, -0.2) is 26.2 Å². The molecule has 1 aromatic rings. The summed E-state index contributed by atoms with van der Waals surface area (Å²) in [5.41, 5.74) is -1.24. The lowest BCUT2D eigenvalue weighted by Crippen LogP contribution is -2.16. The van der Waals surface area contributed by atoms with Crippen molar-refractivity contribution in [3.63, 3.8) is 0 Å². The molecule has 0 heterocycles. The summed E-state index contributed by atoms with van der Waals surface area (Å²) >= 11 is 1.71. The predicted octanol–water partition coefficient (Wildman–Crippen LogP) is 2.95. The zero-order valence-electron chi connectivity index (χ0n) is 11.5. The van der Waals surface area contributed by atoms with E-state index in [0.29, 0.717) is 3.57 Å². The fourth-order valence-electron chi connectivity index (χ4n) is 1.41. The molecule has 0 saturated heterocycles. The van der Waals surface area contributed by atoms with E-state index in [4.69, 9.17) is 0 Å². The molecule has 0 bridgehead atoms. The van der Waals surface area contributed by atoms with E-state index in [9.17, 15) is 22.8 Å². The smallest absolute Gasteiger partial charge is 0.416 e. The van der Waals surface area contributed by atoms with E-state index in [2.05, 4.69) is 14.8 Å². The molecule has 0 atom stereocenters. The molecule has 0 radical (unpaired) electrons. The third-order valence-electron chi connectivity index (χ3n) is 2.37. The second-order valence-corrected chi connectivity index (χ2v) is 5.17. The molecule has 0 aliphatic rings. The average Bonchev–Trinajstić information content (AvgIpc) is 2.44. The summed E-state index contributed by atoms with van der Waals surface area (Å²) in [5, 5.41) is 2.43. The molecule has 1 aromatic carbocycles. The Bertz CT molecular complexity index is 614. The Morgan fingerprint density at radius 1 is 1.18 bits per heavy atom. The van der Waals surface area contributed by atoms with Crippen LogP contribution in [0.3, 0.4) is 0 Å². The second kappa shape index (κ2) is 7.47. The minimum atomic E-state index is -4.53. The van der Waals surface area contributed by atoms with Gasteiger partial charge >= 0.3 is 18.1 Å². The molecule has 0 fully saturated rings. The normalized spacial score (nSPS) is 11.8. The van der Waals surface area contributed by atoms with Gasteiger partial charge < -0.3 is 14.8 Å². The lowest BCUT2D eigenvalue weighted by Gasteiger charge is -2.13. The van der Waals surface area contributed by atoms with Crippen LogP contribution >= 0.6 is 22.6 Å². The van der Waals surface area contributed by atoms with E-state index in [-0.39, 0.29) is 11.4 Å². The molecular formula is C13H11F3INO4. The van der Waals surface area contributed by atoms with Gasteiger partial charge in [0.05, 0.1) is 25.9 Å². The Labute approximate surface area is 137 Å². The SMILES string of the molecule is COC(=O)/C=C(/Nc1cc(I)cc(C(F)(F)F)c1)C(=O)OC. The summed E-state index contributed by atoms with van der Waals surface area (Å²) in [6.45, 7) is 0. The van der Waals surface area contributed by atoms with Gasteiger partial charge in [0, 0.05) is 9.26 Å². The predicted molar refractivity (Wildman–Crippen MR) is 79.9 cm³/mol. The number of ether oxygens (including phenoxy) is 2. The molecule has 120 valence electrons. The van der Waals surface area contributed by atoms with Crippen LogP contribution in [0.4, 0.5) is 18.9 Å². The van der Waals surface area contributed by atoms with Crippen LogP contribution in [0, 0.1) is 3.57 Å². The molecule has 0 saturated carbocycles. The van der Waals surface area contributed by atoms with Gasteiger partial charge in [-0.1, -0.05) is 0 Å². The van der Waals surface area contributed by atoms with Gasteiger partial charge in [0.2, 0.25) is 0 Å². The van der Waals surface area contributed by atoms with Crippen LogP contribution in [0.25, 0.3) is 0 Å². The van der Waals surface area contributed by atoms with Gasteiger partial charge in [0.1, 0.15) is 5.70 Å². The first-order valence-electron chi connectivity index (χ1n) is 5.70. The number of benzene rings is 1. The Hall–Kier alpha value is -1.78. The van der Waals surface area contributed by atoms with Gasteiger partial charge in [-0.3, -0.25) is 0 Å². The fraction of sp³-hybridized carbons (Fsp3) is 0.231. The van der Waals surface area contributed by atoms with Crippen molar-refractivity contribution >= 4 is 40.2 Å². The molecule has 9 heteroatoms. The topological polar surface area (TPSA) is 64.6 Å². The van der Waals surface area contributed by atoms with Crippen LogP contribution in [0.1, 0.15) is 5.56 Å². The van der Waals surface area contributed by atoms with Crippen molar-refractivity contribution in [1.82, 2.24) is 0 Å². The lowest BCUT2D eigenvalue weighted by atomic mass is 10.2. The summed E-state index contributed by atoms with van der Waals surface area (Å²) < 4.78 is 47.4. The maximum atomic E-state index is 12.8. The summed E-state index contributed by atoms with van der Waals surface area (Å²) in [6.07, 6.45) is -3.74. The molecule has 22 heavy (non-hydrogen) atoms. The van der Waals surface area contributed by atoms with Crippen molar-refractivity contribution in [2.45, 2.75) is 6.18 Å². The van der Waals surface area contributed by atoms with Crippen molar-refractivity contribution in [3.05, 3.63) is 39.1 Å². The maximum Gasteiger partial charge on any atom is 0.416 e. The van der Waals surface area contributed by atoms with Crippen molar-refractivity contribution in [1.29, 1.82) is 0 Å². The first-order chi connectivity index (χ1) is 10.2. The highest BCUT2D eigenvalue weighted by Crippen LogP contribution is 2.32. The second-order valence-electron chi connectivity index (χ2n) is 3.92. The van der Waals surface area contributed by atoms with Crippen LogP contribution in [-0.2, 0) is 25.2 Å². The van der Waals surface area contributed by atoms with Crippen molar-refractivity contribution < 1.29 is 32.2 Å². The van der Waals surface area contributed by atoms with Gasteiger partial charge in [-0.25, -0.2) is 9.59 Å². The lowest BCUT2D eigenvalue weighted by molar-refractivity contribution is -0.138. The summed E-state index contributed by atoms with van der Waals surface area (Å²) in [6, 6.07) is 3.15. The molecule has 0 spiro atoms. The molecule has 5 nitrogen and oxygen atoms in total. The number of methoxy groups -OCH3 is 2. The number of halogens is 4. The number of nitrogens with one attached hydrogen (secondary N) is 1. The number of carbonyl (C=O) groups excluding carboxylic acids is 2. The molecule has 0 aliphatic carbocycles. The van der Waals surface area contributed by atoms with Gasteiger partial charge in [-0.05, 0) is 40.8 Å². The van der Waals surface area contributed by atoms with E-state index in [0.717, 1.165) is 32.4 Å². The quantitative estimate of drug-likeness (QED) is 0.453. The van der Waals surface area contributed by atoms with E-state index >= 15 is 0 Å². The van der Waals surface area contributed by atoms with Crippen LogP contribution in [0.5, 0.6) is 0 Å². The van der Waals surface area contributed by atoms with Crippen molar-refractivity contribution in [2.24, 2.45) is 0 Å². The molecule has 1 N–H and O–H groups in total. The molecule has 0 unspecified atom stereocenters. The van der Waals surface area contributed by atoms with E-state index in [1.807, 2.05) is 0 Å². The number of anilines is 1. The molecule has 1 rings (SSSR count). The number of hydrogen-bond donors (Lipinski definition) is 1. The van der Waals surface area contributed by atoms with Crippen LogP contribution in [0.15, 0.2) is 30.0 Å². The first-order valence-corrected chi connectivity index (χ1v) is 6.78. The van der Waals surface area contributed by atoms with Crippen molar-refractivity contribution in [2.75, 3.05) is 19.5 Å². The average molecular weight is 429 g/mol. The Morgan fingerprint density at radius 3 is 2.32 bits per heavy atom. The highest BCUT2D eigenvalue weighted by atomic mass is 127. The highest BCUT2D eigenvalue weighted by molar-refractivity contribution is 14.1. The van der Waals surface area contributed by atoms with Gasteiger partial charge in [-0.2, -0.15) is 13.2 Å². The minimum Gasteiger partial charge on any atom is -0.466 e. The van der Waals surface area contributed by atoms with E-state index in [1.165, 1.54) is 6.07 Å². The molecule has 0 aliphatic heterocycles. The standard InChI is InChI=1S/C13H11F3INO4/c1-21-11(19)6-10(12(20)22-2)18-9-4-7(13(14,15)16)3-8(17)5-9/h3-6,18H,1-2H3/b10-6+. The first kappa shape index (κ1) is 18.3. The summed E-state index contributed by atoms with van der Waals surface area (Å²) in [7, 11) is 2.17. The number of hydrogen-bond acceptors (Lipinski definition) is 5. The molecular weight excluding hydrogens is 418 g/mol. The third kappa shape index (κ3) is 5.20. The van der Waals surface area contributed by atoms with Crippen LogP contribution in [0.2, 0.25) is 0 Å². The third-order valence-corrected chi connectivity index (χ3v) is 3.00. The Morgan fingerprint density at radius 2 is 1.82 bits per heavy atom. The number of esters is 2. The number of carbonyl (C=O) groups is 2. The van der Waals surface area contributed by atoms with Crippen LogP contribution < -0.4 is 5.32 Å². The zero-order chi connectivity index (χ0) is 16.9. The van der Waals surface area contributed by atoms with E-state index < -0.39 is 23.7 Å². The molecule has 0 amide bonds. The monoisotopic (exact) mass is 429 g/mol. The minimum absolute atomic E-state index is 0.0141. The summed E-state index contributed by atoms with van der Waals surface area (Å²) in [5.74, 6) is -1.77. The molecule has 0 aromatic heterocycles. The van der Waals surface area contributed by atoms with Gasteiger partial charge in [-0.15, -0.1) is 0 Å². The largest absolute Gasteiger partial charge is 0.466 e. The zero-order valence-corrected chi connectivity index (χ0v) is 13.6. The van der Waals surface area contributed by atoms with E-state index in [1.54, 1.807) is 22.6 Å². The Balaban J connectivity index is 3.19. The van der Waals surface area contributed by atoms with Gasteiger partial charge in [0.15, 0.2) is 0 Å². The Kier molecular flexibility index (Phi) is 6.21. The highest BCUT2D eigenvalue weighted by Gasteiger charge is 2.31. The summed E-state index contributed by atoms with van der Waals surface area (Å²) in [4.78, 5) is 22.7. The van der Waals surface area contributed by atoms with Gasteiger partial charge in [0.25, 0.3) is 0 Å². The van der Waals surface area contributed by atoms with Crippen molar-refractivity contribution in [3.8, 4) is 0 Å². The maximum absolute atomic E-state index is 12.8. The number of rotatable bonds is 4. The fourth-order valence-corrected chi connectivity index (χ4v) is 2.08.